The molecule has 1 aliphatic rings. The summed E-state index contributed by atoms with van der Waals surface area (Å²) in [5.41, 5.74) is 3.67. The summed E-state index contributed by atoms with van der Waals surface area (Å²) in [5.74, 6) is -2.28. The van der Waals surface area contributed by atoms with Crippen LogP contribution in [0.4, 0.5) is 16.2 Å². The number of amides is 5. The van der Waals surface area contributed by atoms with Gasteiger partial charge in [-0.2, -0.15) is 0 Å². The van der Waals surface area contributed by atoms with Crippen LogP contribution in [0.3, 0.4) is 0 Å². The minimum Gasteiger partial charge on any atom is -0.465 e. The summed E-state index contributed by atoms with van der Waals surface area (Å²) in [4.78, 5) is 81.2. The van der Waals surface area contributed by atoms with E-state index in [2.05, 4.69) is 21.3 Å². The number of likely N-dealkylation sites (N-methyl/N-ethyl adjacent to an activating group) is 1. The van der Waals surface area contributed by atoms with Gasteiger partial charge in [0.25, 0.3) is 0 Å². The lowest BCUT2D eigenvalue weighted by Gasteiger charge is -2.30. The number of ketones is 1. The Morgan fingerprint density at radius 2 is 1.41 bits per heavy atom. The molecule has 3 aromatic rings. The summed E-state index contributed by atoms with van der Waals surface area (Å²) < 4.78 is 5.60. The predicted molar refractivity (Wildman–Crippen MR) is 217 cm³/mol. The number of ether oxygens (including phenoxy) is 1. The van der Waals surface area contributed by atoms with Gasteiger partial charge in [-0.05, 0) is 86.3 Å². The third kappa shape index (κ3) is 14.0. The van der Waals surface area contributed by atoms with Crippen molar-refractivity contribution >= 4 is 46.9 Å². The first-order chi connectivity index (χ1) is 26.8. The zero-order valence-corrected chi connectivity index (χ0v) is 33.3. The maximum absolute atomic E-state index is 14.0. The second kappa shape index (κ2) is 21.5. The fraction of sp³-hybridized carbons (Fsp3) is 0.455. The van der Waals surface area contributed by atoms with Gasteiger partial charge in [-0.3, -0.25) is 24.0 Å². The maximum atomic E-state index is 14.0. The zero-order valence-electron chi connectivity index (χ0n) is 33.3. The lowest BCUT2D eigenvalue weighted by Crippen LogP contribution is -2.57. The number of nitrogens with zero attached hydrogens (tertiary/aromatic N) is 1. The number of Topliss-reactive ketones (excluding diaryl/α,β-unsaturated/α-hetero) is 1. The highest BCUT2D eigenvalue weighted by atomic mass is 16.5. The van der Waals surface area contributed by atoms with Crippen LogP contribution in [0.15, 0.2) is 78.9 Å². The number of para-hydroxylation sites is 1. The van der Waals surface area contributed by atoms with Gasteiger partial charge in [0.2, 0.25) is 17.7 Å². The molecule has 4 rings (SSSR count). The quantitative estimate of drug-likeness (QED) is 0.109. The molecule has 0 saturated heterocycles. The van der Waals surface area contributed by atoms with Gasteiger partial charge in [-0.25, -0.2) is 4.79 Å². The number of nitrogens with one attached hydrogen (secondary N) is 4. The third-order valence-corrected chi connectivity index (χ3v) is 10.1. The highest BCUT2D eigenvalue weighted by Gasteiger charge is 2.34. The molecule has 0 aromatic heterocycles. The SMILES string of the molecule is CC(=O)[C@H](Cc1ccccc1)NC(=O)[C@H](CC(=O)OCC1CCCCC1)NC(=O)[C@H](CC(C)C)N(C)C(=O)Cc1ccc(NC(=O)Nc2ccccc2C)cc1. The standard InChI is InChI=1S/C44H57N5O7/c1-29(2)24-39(49(5)40(51)26-33-20-22-35(23-21-33)45-44(55)48-36-19-13-12-14-30(36)3)43(54)47-38(27-41(52)56-28-34-17-10-7-11-18-34)42(53)46-37(31(4)50)25-32-15-8-6-9-16-32/h6,8-9,12-16,19-23,29,34,37-39H,7,10-11,17-18,24-28H2,1-5H3,(H,46,53)(H,47,54)(H2,45,48,55)/t37-,38-,39-/m0/s1. The minimum absolute atomic E-state index is 0.00196. The molecule has 0 unspecified atom stereocenters. The van der Waals surface area contributed by atoms with Crippen molar-refractivity contribution in [2.45, 2.75) is 104 Å². The monoisotopic (exact) mass is 767 g/mol. The van der Waals surface area contributed by atoms with Crippen molar-refractivity contribution in [1.29, 1.82) is 0 Å². The first-order valence-corrected chi connectivity index (χ1v) is 19.6. The first-order valence-electron chi connectivity index (χ1n) is 19.6. The van der Waals surface area contributed by atoms with E-state index in [4.69, 9.17) is 4.74 Å². The summed E-state index contributed by atoms with van der Waals surface area (Å²) >= 11 is 0. The van der Waals surface area contributed by atoms with E-state index in [1.807, 2.05) is 75.4 Å². The Kier molecular flexibility index (Phi) is 16.6. The van der Waals surface area contributed by atoms with Crippen LogP contribution in [0.5, 0.6) is 0 Å². The molecule has 12 heteroatoms. The van der Waals surface area contributed by atoms with Gasteiger partial charge in [-0.1, -0.05) is 93.8 Å². The summed E-state index contributed by atoms with van der Waals surface area (Å²) in [7, 11) is 1.54. The van der Waals surface area contributed by atoms with Gasteiger partial charge in [0.15, 0.2) is 5.78 Å². The van der Waals surface area contributed by atoms with Gasteiger partial charge in [0.1, 0.15) is 12.1 Å². The fourth-order valence-corrected chi connectivity index (χ4v) is 6.75. The number of aryl methyl sites for hydroxylation is 1. The zero-order chi connectivity index (χ0) is 40.6. The van der Waals surface area contributed by atoms with Crippen LogP contribution in [0, 0.1) is 18.8 Å². The summed E-state index contributed by atoms with van der Waals surface area (Å²) in [6.45, 7) is 7.38. The van der Waals surface area contributed by atoms with Crippen molar-refractivity contribution in [1.82, 2.24) is 15.5 Å². The summed E-state index contributed by atoms with van der Waals surface area (Å²) in [6, 6.07) is 19.9. The molecule has 0 heterocycles. The Bertz CT molecular complexity index is 1790. The molecule has 12 nitrogen and oxygen atoms in total. The van der Waals surface area contributed by atoms with Gasteiger partial charge in [0, 0.05) is 18.4 Å². The highest BCUT2D eigenvalue weighted by Crippen LogP contribution is 2.24. The molecule has 0 radical (unpaired) electrons. The van der Waals surface area contributed by atoms with Crippen LogP contribution in [0.25, 0.3) is 0 Å². The van der Waals surface area contributed by atoms with Crippen molar-refractivity contribution in [3.63, 3.8) is 0 Å². The van der Waals surface area contributed by atoms with Crippen molar-refractivity contribution < 1.29 is 33.5 Å². The second-order valence-corrected chi connectivity index (χ2v) is 15.2. The summed E-state index contributed by atoms with van der Waals surface area (Å²) in [5, 5.41) is 11.1. The lowest BCUT2D eigenvalue weighted by molar-refractivity contribution is -0.148. The average molecular weight is 768 g/mol. The molecule has 1 saturated carbocycles. The number of anilines is 2. The molecule has 0 aliphatic heterocycles. The molecule has 1 fully saturated rings. The molecular weight excluding hydrogens is 711 g/mol. The van der Waals surface area contributed by atoms with Gasteiger partial charge in [0.05, 0.1) is 25.5 Å². The Hall–Kier alpha value is -5.52. The number of carbonyl (C=O) groups is 6. The molecule has 5 amide bonds. The molecule has 0 bridgehead atoms. The number of carbonyl (C=O) groups excluding carboxylic acids is 6. The number of esters is 1. The van der Waals surface area contributed by atoms with E-state index in [-0.39, 0.29) is 49.4 Å². The molecule has 300 valence electrons. The van der Waals surface area contributed by atoms with Crippen LogP contribution >= 0.6 is 0 Å². The Labute approximate surface area is 330 Å². The van der Waals surface area contributed by atoms with E-state index in [0.29, 0.717) is 16.9 Å². The van der Waals surface area contributed by atoms with Crippen molar-refractivity contribution in [2.75, 3.05) is 24.3 Å². The molecule has 1 aliphatic carbocycles. The Morgan fingerprint density at radius 3 is 2.05 bits per heavy atom. The molecule has 3 atom stereocenters. The minimum atomic E-state index is -1.35. The molecule has 3 aromatic carbocycles. The van der Waals surface area contributed by atoms with Gasteiger partial charge < -0.3 is 30.9 Å². The predicted octanol–water partition coefficient (Wildman–Crippen LogP) is 6.37. The van der Waals surface area contributed by atoms with Crippen molar-refractivity contribution in [3.8, 4) is 0 Å². The van der Waals surface area contributed by atoms with E-state index >= 15 is 0 Å². The average Bonchev–Trinajstić information content (AvgIpc) is 3.17. The highest BCUT2D eigenvalue weighted by molar-refractivity contribution is 6.00. The van der Waals surface area contributed by atoms with Crippen LogP contribution < -0.4 is 21.3 Å². The van der Waals surface area contributed by atoms with Crippen LogP contribution in [-0.4, -0.2) is 72.2 Å². The Balaban J connectivity index is 1.44. The lowest BCUT2D eigenvalue weighted by atomic mass is 9.90. The van der Waals surface area contributed by atoms with E-state index in [9.17, 15) is 28.8 Å². The normalized spacial score (nSPS) is 14.5. The van der Waals surface area contributed by atoms with Crippen molar-refractivity contribution in [2.24, 2.45) is 11.8 Å². The van der Waals surface area contributed by atoms with Crippen LogP contribution in [-0.2, 0) is 41.6 Å². The van der Waals surface area contributed by atoms with E-state index in [1.54, 1.807) is 31.3 Å². The fourth-order valence-electron chi connectivity index (χ4n) is 6.75. The topological polar surface area (TPSA) is 163 Å². The van der Waals surface area contributed by atoms with Crippen LogP contribution in [0.1, 0.15) is 82.4 Å². The largest absolute Gasteiger partial charge is 0.465 e. The summed E-state index contributed by atoms with van der Waals surface area (Å²) in [6.07, 6.45) is 5.33. The van der Waals surface area contributed by atoms with E-state index in [1.165, 1.54) is 11.8 Å². The number of benzene rings is 3. The maximum Gasteiger partial charge on any atom is 0.323 e. The third-order valence-electron chi connectivity index (χ3n) is 10.1. The molecule has 0 spiro atoms. The van der Waals surface area contributed by atoms with E-state index in [0.717, 1.165) is 43.2 Å². The number of hydrogen-bond acceptors (Lipinski definition) is 7. The second-order valence-electron chi connectivity index (χ2n) is 15.2. The van der Waals surface area contributed by atoms with Gasteiger partial charge in [-0.15, -0.1) is 0 Å². The number of urea groups is 1. The van der Waals surface area contributed by atoms with Gasteiger partial charge >= 0.3 is 12.0 Å². The smallest absolute Gasteiger partial charge is 0.323 e. The molecular formula is C44H57N5O7. The van der Waals surface area contributed by atoms with Crippen LogP contribution in [0.2, 0.25) is 0 Å². The van der Waals surface area contributed by atoms with E-state index < -0.39 is 48.4 Å². The molecule has 56 heavy (non-hydrogen) atoms. The first kappa shape index (κ1) is 43.2. The number of rotatable bonds is 18. The Morgan fingerprint density at radius 1 is 0.768 bits per heavy atom. The molecule has 4 N–H and O–H groups in total. The number of hydrogen-bond donors (Lipinski definition) is 4. The van der Waals surface area contributed by atoms with Crippen molar-refractivity contribution in [3.05, 3.63) is 95.6 Å².